The number of rotatable bonds is 6. The molecule has 0 aliphatic heterocycles. The zero-order valence-electron chi connectivity index (χ0n) is 19.0. The Morgan fingerprint density at radius 2 is 1.19 bits per heavy atom. The monoisotopic (exact) mass is 432 g/mol. The normalized spacial score (nSPS) is 30.4. The van der Waals surface area contributed by atoms with Gasteiger partial charge in [-0.25, -0.2) is 0 Å². The Kier molecular flexibility index (Phi) is 4.96. The molecule has 4 nitrogen and oxygen atoms in total. The largest absolute Gasteiger partial charge is 0.507 e. The fourth-order valence-electron chi connectivity index (χ4n) is 7.71. The topological polar surface area (TPSA) is 74.6 Å². The van der Waals surface area contributed by atoms with Gasteiger partial charge in [-0.05, 0) is 108 Å². The van der Waals surface area contributed by atoms with Crippen LogP contribution in [0.2, 0.25) is 0 Å². The lowest BCUT2D eigenvalue weighted by atomic mass is 9.41. The van der Waals surface area contributed by atoms with Crippen molar-refractivity contribution >= 4 is 12.6 Å². The van der Waals surface area contributed by atoms with Crippen LogP contribution in [0.15, 0.2) is 24.3 Å². The molecule has 4 bridgehead atoms. The van der Waals surface area contributed by atoms with E-state index in [1.165, 1.54) is 17.5 Å². The van der Waals surface area contributed by atoms with Crippen LogP contribution < -0.4 is 0 Å². The molecule has 4 aliphatic carbocycles. The summed E-state index contributed by atoms with van der Waals surface area (Å²) in [6.45, 7) is 4.02. The van der Waals surface area contributed by atoms with E-state index < -0.39 is 0 Å². The molecule has 4 heteroatoms. The highest BCUT2D eigenvalue weighted by Gasteiger charge is 2.58. The molecule has 0 radical (unpaired) electrons. The van der Waals surface area contributed by atoms with E-state index >= 15 is 0 Å². The summed E-state index contributed by atoms with van der Waals surface area (Å²) in [4.78, 5) is 23.4. The molecule has 4 saturated carbocycles. The van der Waals surface area contributed by atoms with Crippen molar-refractivity contribution in [2.75, 3.05) is 0 Å². The van der Waals surface area contributed by atoms with Crippen molar-refractivity contribution in [3.05, 3.63) is 57.6 Å². The molecule has 0 heterocycles. The number of carbonyl (C=O) groups is 2. The summed E-state index contributed by atoms with van der Waals surface area (Å²) in [6, 6.07) is 8.11. The van der Waals surface area contributed by atoms with Gasteiger partial charge in [0, 0.05) is 0 Å². The summed E-state index contributed by atoms with van der Waals surface area (Å²) >= 11 is 0. The van der Waals surface area contributed by atoms with Gasteiger partial charge in [-0.1, -0.05) is 26.0 Å². The molecule has 0 atom stereocenters. The Bertz CT molecular complexity index is 1000. The maximum Gasteiger partial charge on any atom is 0.153 e. The second kappa shape index (κ2) is 7.47. The highest BCUT2D eigenvalue weighted by Crippen LogP contribution is 2.66. The number of aryl methyl sites for hydroxylation is 2. The van der Waals surface area contributed by atoms with Gasteiger partial charge in [0.15, 0.2) is 12.6 Å². The lowest BCUT2D eigenvalue weighted by Crippen LogP contribution is -2.56. The first kappa shape index (κ1) is 21.2. The molecule has 4 fully saturated rings. The van der Waals surface area contributed by atoms with Gasteiger partial charge in [0.1, 0.15) is 11.5 Å². The molecule has 0 amide bonds. The molecule has 0 spiro atoms. The zero-order chi connectivity index (χ0) is 22.7. The van der Waals surface area contributed by atoms with E-state index in [9.17, 15) is 19.8 Å². The molecule has 2 aromatic carbocycles. The predicted molar refractivity (Wildman–Crippen MR) is 124 cm³/mol. The minimum absolute atomic E-state index is 0.00886. The summed E-state index contributed by atoms with van der Waals surface area (Å²) < 4.78 is 0. The van der Waals surface area contributed by atoms with Crippen LogP contribution in [0.1, 0.15) is 95.3 Å². The van der Waals surface area contributed by atoms with E-state index in [0.29, 0.717) is 35.8 Å². The van der Waals surface area contributed by atoms with Crippen molar-refractivity contribution in [1.29, 1.82) is 0 Å². The summed E-state index contributed by atoms with van der Waals surface area (Å²) in [6.07, 6.45) is 9.66. The van der Waals surface area contributed by atoms with Gasteiger partial charge in [-0.2, -0.15) is 0 Å². The van der Waals surface area contributed by atoms with Gasteiger partial charge in [-0.3, -0.25) is 9.59 Å². The van der Waals surface area contributed by atoms with Crippen LogP contribution in [0.4, 0.5) is 0 Å². The number of phenolic OH excluding ortho intramolecular Hbond substituents is 2. The van der Waals surface area contributed by atoms with Gasteiger partial charge >= 0.3 is 0 Å². The number of aldehydes is 2. The van der Waals surface area contributed by atoms with E-state index in [1.54, 1.807) is 0 Å². The van der Waals surface area contributed by atoms with E-state index in [0.717, 1.165) is 55.8 Å². The van der Waals surface area contributed by atoms with Crippen molar-refractivity contribution in [3.8, 4) is 11.5 Å². The van der Waals surface area contributed by atoms with E-state index in [1.807, 2.05) is 26.0 Å². The Morgan fingerprint density at radius 1 is 0.781 bits per heavy atom. The first-order valence-electron chi connectivity index (χ1n) is 12.0. The Hall–Kier alpha value is -2.62. The Balaban J connectivity index is 1.65. The Morgan fingerprint density at radius 3 is 1.53 bits per heavy atom. The summed E-state index contributed by atoms with van der Waals surface area (Å²) in [5.41, 5.74) is 4.84. The molecule has 0 unspecified atom stereocenters. The quantitative estimate of drug-likeness (QED) is 0.580. The maximum atomic E-state index is 11.7. The van der Waals surface area contributed by atoms with Gasteiger partial charge < -0.3 is 10.2 Å². The van der Waals surface area contributed by atoms with Crippen molar-refractivity contribution in [2.45, 2.75) is 76.0 Å². The molecular formula is C28H32O4. The van der Waals surface area contributed by atoms with Crippen molar-refractivity contribution in [3.63, 3.8) is 0 Å². The highest BCUT2D eigenvalue weighted by atomic mass is 16.3. The lowest BCUT2D eigenvalue weighted by Gasteiger charge is -2.63. The van der Waals surface area contributed by atoms with Crippen molar-refractivity contribution in [1.82, 2.24) is 0 Å². The maximum absolute atomic E-state index is 11.7. The average Bonchev–Trinajstić information content (AvgIpc) is 2.78. The molecule has 4 aliphatic rings. The second-order valence-electron chi connectivity index (χ2n) is 10.6. The van der Waals surface area contributed by atoms with E-state index in [-0.39, 0.29) is 22.3 Å². The van der Waals surface area contributed by atoms with Crippen LogP contribution in [0.3, 0.4) is 0 Å². The van der Waals surface area contributed by atoms with Gasteiger partial charge in [-0.15, -0.1) is 0 Å². The standard InChI is InChI=1S/C28H32O4/c1-3-19-6-23(8-21(14-29)25(19)31)27-10-17-5-18(11-27)13-28(12-17,16-27)24-7-20(4-2)26(32)22(9-24)15-30/h6-9,14-15,17-18,31-32H,3-5,10-13,16H2,1-2H3. The molecule has 168 valence electrons. The number of carbonyl (C=O) groups excluding carboxylic acids is 2. The summed E-state index contributed by atoms with van der Waals surface area (Å²) in [5, 5.41) is 21.0. The number of benzene rings is 2. The number of aromatic hydroxyl groups is 2. The zero-order valence-corrected chi connectivity index (χ0v) is 19.0. The lowest BCUT2D eigenvalue weighted by molar-refractivity contribution is -0.0282. The van der Waals surface area contributed by atoms with E-state index in [2.05, 4.69) is 12.1 Å². The third-order valence-electron chi connectivity index (χ3n) is 8.74. The van der Waals surface area contributed by atoms with Gasteiger partial charge in [0.25, 0.3) is 0 Å². The molecule has 2 aromatic rings. The van der Waals surface area contributed by atoms with Gasteiger partial charge in [0.2, 0.25) is 0 Å². The molecule has 32 heavy (non-hydrogen) atoms. The van der Waals surface area contributed by atoms with Crippen LogP contribution in [0, 0.1) is 11.8 Å². The fourth-order valence-corrected chi connectivity index (χ4v) is 7.71. The summed E-state index contributed by atoms with van der Waals surface area (Å²) in [5.74, 6) is 1.47. The molecule has 2 N–H and O–H groups in total. The molecule has 0 saturated heterocycles. The molecular weight excluding hydrogens is 400 g/mol. The Labute approximate surface area is 189 Å². The van der Waals surface area contributed by atoms with Crippen LogP contribution in [-0.4, -0.2) is 22.8 Å². The third-order valence-corrected chi connectivity index (χ3v) is 8.74. The van der Waals surface area contributed by atoms with Crippen molar-refractivity contribution < 1.29 is 19.8 Å². The van der Waals surface area contributed by atoms with Crippen LogP contribution >= 0.6 is 0 Å². The smallest absolute Gasteiger partial charge is 0.153 e. The van der Waals surface area contributed by atoms with Crippen LogP contribution in [-0.2, 0) is 23.7 Å². The van der Waals surface area contributed by atoms with Gasteiger partial charge in [0.05, 0.1) is 11.1 Å². The highest BCUT2D eigenvalue weighted by molar-refractivity contribution is 5.81. The SMILES string of the molecule is CCc1cc(C23CC4CC(C2)CC(c2cc(C=O)c(O)c(CC)c2)(C4)C3)cc(C=O)c1O. The summed E-state index contributed by atoms with van der Waals surface area (Å²) in [7, 11) is 0. The fraction of sp³-hybridized carbons (Fsp3) is 0.500. The first-order valence-corrected chi connectivity index (χ1v) is 12.0. The minimum Gasteiger partial charge on any atom is -0.507 e. The number of phenols is 2. The molecule has 0 aromatic heterocycles. The average molecular weight is 433 g/mol. The van der Waals surface area contributed by atoms with Crippen LogP contribution in [0.5, 0.6) is 11.5 Å². The third kappa shape index (κ3) is 3.02. The van der Waals surface area contributed by atoms with Crippen molar-refractivity contribution in [2.24, 2.45) is 11.8 Å². The van der Waals surface area contributed by atoms with Crippen LogP contribution in [0.25, 0.3) is 0 Å². The van der Waals surface area contributed by atoms with E-state index in [4.69, 9.17) is 0 Å². The second-order valence-corrected chi connectivity index (χ2v) is 10.6. The predicted octanol–water partition coefficient (Wildman–Crippen LogP) is 5.64. The number of hydrogen-bond acceptors (Lipinski definition) is 4. The first-order chi connectivity index (χ1) is 15.4. The number of hydrogen-bond donors (Lipinski definition) is 2. The minimum atomic E-state index is -0.00886. The molecule has 6 rings (SSSR count).